The van der Waals surface area contributed by atoms with Gasteiger partial charge in [0.2, 0.25) is 10.0 Å². The van der Waals surface area contributed by atoms with Gasteiger partial charge in [-0.1, -0.05) is 11.6 Å². The zero-order chi connectivity index (χ0) is 21.8. The van der Waals surface area contributed by atoms with Crippen LogP contribution in [0.2, 0.25) is 5.02 Å². The summed E-state index contributed by atoms with van der Waals surface area (Å²) in [5.41, 5.74) is 0.666. The van der Waals surface area contributed by atoms with Crippen LogP contribution < -0.4 is 19.5 Å². The van der Waals surface area contributed by atoms with Crippen molar-refractivity contribution in [2.75, 3.05) is 31.7 Å². The van der Waals surface area contributed by atoms with Crippen LogP contribution >= 0.6 is 11.6 Å². The minimum Gasteiger partial charge on any atom is -0.490 e. The second kappa shape index (κ2) is 9.44. The molecule has 2 N–H and O–H groups in total. The number of hydrogen-bond donors (Lipinski definition) is 2. The minimum absolute atomic E-state index is 0.0342. The fourth-order valence-corrected chi connectivity index (χ4v) is 4.97. The molecular weight excluding hydrogens is 444 g/mol. The van der Waals surface area contributed by atoms with Crippen molar-refractivity contribution in [1.29, 1.82) is 0 Å². The average molecular weight is 467 g/mol. The molecule has 0 saturated carbocycles. The Morgan fingerprint density at radius 1 is 1.03 bits per heavy atom. The van der Waals surface area contributed by atoms with E-state index in [1.165, 1.54) is 18.2 Å². The summed E-state index contributed by atoms with van der Waals surface area (Å²) in [6.45, 7) is 1.89. The topological polar surface area (TPSA) is 103 Å². The summed E-state index contributed by atoms with van der Waals surface area (Å²) in [5, 5.41) is 2.79. The number of ether oxygens (including phenoxy) is 3. The van der Waals surface area contributed by atoms with Crippen LogP contribution in [0.1, 0.15) is 29.6 Å². The molecule has 0 aromatic heterocycles. The molecule has 31 heavy (non-hydrogen) atoms. The van der Waals surface area contributed by atoms with Crippen LogP contribution in [0.5, 0.6) is 11.5 Å². The standard InChI is InChI=1S/C21H23ClN2O6S/c22-17-6-4-14(11-20(17)31(26,27)23-13-16-3-1-8-28-16)21(25)24-15-5-7-18-19(12-15)30-10-2-9-29-18/h4-7,11-12,16,23H,1-3,8-10,13H2,(H,24,25). The third-order valence-electron chi connectivity index (χ3n) is 5.01. The van der Waals surface area contributed by atoms with Crippen molar-refractivity contribution in [3.05, 3.63) is 47.0 Å². The molecule has 2 heterocycles. The second-order valence-corrected chi connectivity index (χ2v) is 9.44. The Labute approximate surface area is 185 Å². The minimum atomic E-state index is -3.90. The maximum Gasteiger partial charge on any atom is 0.255 e. The molecule has 10 heteroatoms. The number of carbonyl (C=O) groups is 1. The molecule has 1 fully saturated rings. The summed E-state index contributed by atoms with van der Waals surface area (Å²) < 4.78 is 44.6. The summed E-state index contributed by atoms with van der Waals surface area (Å²) in [6, 6.07) is 9.23. The van der Waals surface area contributed by atoms with Gasteiger partial charge < -0.3 is 19.5 Å². The largest absolute Gasteiger partial charge is 0.490 e. The van der Waals surface area contributed by atoms with Crippen LogP contribution in [0.4, 0.5) is 5.69 Å². The Bertz CT molecular complexity index is 1070. The highest BCUT2D eigenvalue weighted by Crippen LogP contribution is 2.32. The van der Waals surface area contributed by atoms with Gasteiger partial charge in [0.15, 0.2) is 11.5 Å². The SMILES string of the molecule is O=C(Nc1ccc2c(c1)OCCCO2)c1ccc(Cl)c(S(=O)(=O)NCC2CCCO2)c1. The smallest absolute Gasteiger partial charge is 0.255 e. The van der Waals surface area contributed by atoms with Crippen molar-refractivity contribution in [3.8, 4) is 11.5 Å². The van der Waals surface area contributed by atoms with Crippen molar-refractivity contribution >= 4 is 33.2 Å². The number of nitrogens with one attached hydrogen (secondary N) is 2. The Balaban J connectivity index is 1.49. The first kappa shape index (κ1) is 21.9. The van der Waals surface area contributed by atoms with Gasteiger partial charge in [0.25, 0.3) is 5.91 Å². The van der Waals surface area contributed by atoms with E-state index in [0.717, 1.165) is 19.3 Å². The van der Waals surface area contributed by atoms with E-state index in [2.05, 4.69) is 10.0 Å². The Morgan fingerprint density at radius 3 is 2.61 bits per heavy atom. The van der Waals surface area contributed by atoms with E-state index in [4.69, 9.17) is 25.8 Å². The number of benzene rings is 2. The molecule has 2 aliphatic heterocycles. The van der Waals surface area contributed by atoms with Crippen molar-refractivity contribution in [1.82, 2.24) is 4.72 Å². The van der Waals surface area contributed by atoms with Crippen LogP contribution in [0.25, 0.3) is 0 Å². The lowest BCUT2D eigenvalue weighted by Crippen LogP contribution is -2.32. The molecule has 8 nitrogen and oxygen atoms in total. The molecule has 1 unspecified atom stereocenters. The van der Waals surface area contributed by atoms with Gasteiger partial charge in [0.1, 0.15) is 4.90 Å². The van der Waals surface area contributed by atoms with E-state index in [-0.39, 0.29) is 28.1 Å². The highest BCUT2D eigenvalue weighted by Gasteiger charge is 2.23. The van der Waals surface area contributed by atoms with E-state index in [0.29, 0.717) is 37.0 Å². The van der Waals surface area contributed by atoms with Crippen LogP contribution in [-0.2, 0) is 14.8 Å². The maximum atomic E-state index is 12.7. The molecule has 2 aromatic carbocycles. The number of amides is 1. The number of sulfonamides is 1. The number of rotatable bonds is 6. The summed E-state index contributed by atoms with van der Waals surface area (Å²) in [6.07, 6.45) is 2.33. The van der Waals surface area contributed by atoms with Gasteiger partial charge in [0, 0.05) is 36.9 Å². The number of hydrogen-bond acceptors (Lipinski definition) is 6. The molecule has 166 valence electrons. The van der Waals surface area contributed by atoms with Crippen molar-refractivity contribution < 1.29 is 27.4 Å². The number of fused-ring (bicyclic) bond motifs is 1. The number of anilines is 1. The molecule has 1 amide bonds. The molecule has 1 atom stereocenters. The first-order chi connectivity index (χ1) is 14.9. The van der Waals surface area contributed by atoms with Gasteiger partial charge >= 0.3 is 0 Å². The third-order valence-corrected chi connectivity index (χ3v) is 6.92. The van der Waals surface area contributed by atoms with Crippen LogP contribution in [-0.4, -0.2) is 46.8 Å². The molecule has 4 rings (SSSR count). The molecule has 1 saturated heterocycles. The Kier molecular flexibility index (Phi) is 6.66. The van der Waals surface area contributed by atoms with Crippen LogP contribution in [0.3, 0.4) is 0 Å². The highest BCUT2D eigenvalue weighted by atomic mass is 35.5. The quantitative estimate of drug-likeness (QED) is 0.677. The summed E-state index contributed by atoms with van der Waals surface area (Å²) in [5.74, 6) is 0.697. The molecule has 0 spiro atoms. The van der Waals surface area contributed by atoms with Gasteiger partial charge in [-0.15, -0.1) is 0 Å². The molecule has 2 aromatic rings. The zero-order valence-corrected chi connectivity index (χ0v) is 18.3. The maximum absolute atomic E-state index is 12.7. The Hall–Kier alpha value is -2.33. The van der Waals surface area contributed by atoms with Gasteiger partial charge in [-0.2, -0.15) is 0 Å². The summed E-state index contributed by atoms with van der Waals surface area (Å²) in [7, 11) is -3.90. The lowest BCUT2D eigenvalue weighted by Gasteiger charge is -2.14. The predicted molar refractivity (Wildman–Crippen MR) is 116 cm³/mol. The van der Waals surface area contributed by atoms with E-state index in [1.807, 2.05) is 0 Å². The normalized spacial score (nSPS) is 18.4. The van der Waals surface area contributed by atoms with Crippen LogP contribution in [0.15, 0.2) is 41.3 Å². The lowest BCUT2D eigenvalue weighted by atomic mass is 10.2. The van der Waals surface area contributed by atoms with E-state index < -0.39 is 15.9 Å². The van der Waals surface area contributed by atoms with Crippen molar-refractivity contribution in [2.45, 2.75) is 30.3 Å². The van der Waals surface area contributed by atoms with Gasteiger partial charge in [-0.25, -0.2) is 13.1 Å². The first-order valence-electron chi connectivity index (χ1n) is 10.0. The second-order valence-electron chi connectivity index (χ2n) is 7.30. The van der Waals surface area contributed by atoms with E-state index in [9.17, 15) is 13.2 Å². The van der Waals surface area contributed by atoms with Gasteiger partial charge in [-0.3, -0.25) is 4.79 Å². The fourth-order valence-electron chi connectivity index (χ4n) is 3.38. The van der Waals surface area contributed by atoms with Gasteiger partial charge in [0.05, 0.1) is 24.3 Å². The predicted octanol–water partition coefficient (Wildman–Crippen LogP) is 3.21. The molecule has 2 aliphatic rings. The summed E-state index contributed by atoms with van der Waals surface area (Å²) in [4.78, 5) is 12.6. The molecule has 0 radical (unpaired) electrons. The molecule has 0 bridgehead atoms. The third kappa shape index (κ3) is 5.30. The number of halogens is 1. The first-order valence-corrected chi connectivity index (χ1v) is 11.9. The monoisotopic (exact) mass is 466 g/mol. The van der Waals surface area contributed by atoms with Crippen molar-refractivity contribution in [2.24, 2.45) is 0 Å². The molecule has 0 aliphatic carbocycles. The van der Waals surface area contributed by atoms with Gasteiger partial charge in [-0.05, 0) is 43.2 Å². The lowest BCUT2D eigenvalue weighted by molar-refractivity contribution is 0.102. The molecular formula is C21H23ClN2O6S. The van der Waals surface area contributed by atoms with E-state index >= 15 is 0 Å². The van der Waals surface area contributed by atoms with Crippen LogP contribution in [0, 0.1) is 0 Å². The summed E-state index contributed by atoms with van der Waals surface area (Å²) >= 11 is 6.12. The fraction of sp³-hybridized carbons (Fsp3) is 0.381. The zero-order valence-electron chi connectivity index (χ0n) is 16.7. The Morgan fingerprint density at radius 2 is 1.84 bits per heavy atom. The highest BCUT2D eigenvalue weighted by molar-refractivity contribution is 7.89. The number of carbonyl (C=O) groups excluding carboxylic acids is 1. The van der Waals surface area contributed by atoms with E-state index in [1.54, 1.807) is 18.2 Å². The van der Waals surface area contributed by atoms with Crippen molar-refractivity contribution in [3.63, 3.8) is 0 Å². The average Bonchev–Trinajstić information content (AvgIpc) is 3.17.